The van der Waals surface area contributed by atoms with Crippen LogP contribution in [0.15, 0.2) is 41.4 Å². The number of sulfone groups is 1. The van der Waals surface area contributed by atoms with Crippen molar-refractivity contribution < 1.29 is 13.2 Å². The molecule has 0 aliphatic carbocycles. The molecule has 1 amide bonds. The van der Waals surface area contributed by atoms with Crippen LogP contribution in [-0.4, -0.2) is 28.9 Å². The van der Waals surface area contributed by atoms with Crippen LogP contribution < -0.4 is 5.32 Å². The van der Waals surface area contributed by atoms with E-state index in [1.54, 1.807) is 56.9 Å². The fraction of sp³-hybridized carbons (Fsp3) is 0.375. The van der Waals surface area contributed by atoms with Crippen molar-refractivity contribution in [3.05, 3.63) is 42.2 Å². The Morgan fingerprint density at radius 1 is 1.17 bits per heavy atom. The summed E-state index contributed by atoms with van der Waals surface area (Å²) in [5.41, 5.74) is 1.23. The molecule has 0 saturated carbocycles. The van der Waals surface area contributed by atoms with Crippen molar-refractivity contribution in [2.45, 2.75) is 36.8 Å². The highest BCUT2D eigenvalue weighted by molar-refractivity contribution is 7.92. The molecule has 0 aliphatic heterocycles. The van der Waals surface area contributed by atoms with Gasteiger partial charge in [-0.3, -0.25) is 9.48 Å². The third kappa shape index (κ3) is 3.98. The number of rotatable bonds is 4. The summed E-state index contributed by atoms with van der Waals surface area (Å²) in [5, 5.41) is 6.88. The lowest BCUT2D eigenvalue weighted by atomic mass is 10.2. The number of nitrogens with zero attached hydrogens (tertiary/aromatic N) is 2. The Balaban J connectivity index is 2.07. The molecule has 1 aromatic heterocycles. The molecule has 1 heterocycles. The van der Waals surface area contributed by atoms with Crippen molar-refractivity contribution in [1.29, 1.82) is 0 Å². The van der Waals surface area contributed by atoms with Crippen LogP contribution in [-0.2, 0) is 28.1 Å². The number of hydrogen-bond acceptors (Lipinski definition) is 4. The lowest BCUT2D eigenvalue weighted by molar-refractivity contribution is -0.115. The van der Waals surface area contributed by atoms with E-state index in [-0.39, 0.29) is 17.2 Å². The average Bonchev–Trinajstić information content (AvgIpc) is 2.83. The van der Waals surface area contributed by atoms with Crippen molar-refractivity contribution in [2.24, 2.45) is 7.05 Å². The molecule has 0 aliphatic rings. The normalized spacial score (nSPS) is 12.2. The highest BCUT2D eigenvalue weighted by Gasteiger charge is 2.30. The lowest BCUT2D eigenvalue weighted by Crippen LogP contribution is -2.27. The number of carbonyl (C=O) groups excluding carboxylic acids is 1. The van der Waals surface area contributed by atoms with Gasteiger partial charge in [-0.2, -0.15) is 5.10 Å². The van der Waals surface area contributed by atoms with Gasteiger partial charge in [0.05, 0.1) is 21.8 Å². The van der Waals surface area contributed by atoms with Gasteiger partial charge in [-0.1, -0.05) is 0 Å². The van der Waals surface area contributed by atoms with Gasteiger partial charge in [0.2, 0.25) is 5.91 Å². The third-order valence-electron chi connectivity index (χ3n) is 3.37. The van der Waals surface area contributed by atoms with Gasteiger partial charge >= 0.3 is 0 Å². The van der Waals surface area contributed by atoms with Crippen LogP contribution in [0, 0.1) is 0 Å². The lowest BCUT2D eigenvalue weighted by Gasteiger charge is -2.19. The highest BCUT2D eigenvalue weighted by atomic mass is 32.2. The van der Waals surface area contributed by atoms with Gasteiger partial charge < -0.3 is 5.32 Å². The molecular formula is C16H21N3O3S. The second-order valence-electron chi connectivity index (χ2n) is 6.35. The minimum atomic E-state index is -3.39. The van der Waals surface area contributed by atoms with E-state index in [1.165, 1.54) is 12.1 Å². The number of carbonyl (C=O) groups is 1. The first-order valence-corrected chi connectivity index (χ1v) is 8.71. The van der Waals surface area contributed by atoms with Crippen LogP contribution in [0.2, 0.25) is 0 Å². The van der Waals surface area contributed by atoms with Crippen molar-refractivity contribution in [3.63, 3.8) is 0 Å². The molecular weight excluding hydrogens is 314 g/mol. The molecule has 23 heavy (non-hydrogen) atoms. The van der Waals surface area contributed by atoms with E-state index in [0.717, 1.165) is 0 Å². The molecule has 2 aromatic rings. The Morgan fingerprint density at radius 2 is 1.78 bits per heavy atom. The van der Waals surface area contributed by atoms with Gasteiger partial charge in [-0.25, -0.2) is 8.42 Å². The van der Waals surface area contributed by atoms with Crippen LogP contribution in [0.3, 0.4) is 0 Å². The molecule has 2 rings (SSSR count). The Labute approximate surface area is 136 Å². The molecule has 0 fully saturated rings. The first-order chi connectivity index (χ1) is 10.6. The maximum Gasteiger partial charge on any atom is 0.230 e. The van der Waals surface area contributed by atoms with Crippen molar-refractivity contribution in [1.82, 2.24) is 9.78 Å². The van der Waals surface area contributed by atoms with E-state index in [0.29, 0.717) is 11.4 Å². The van der Waals surface area contributed by atoms with Gasteiger partial charge in [0.15, 0.2) is 9.84 Å². The van der Waals surface area contributed by atoms with Crippen molar-refractivity contribution in [3.8, 4) is 0 Å². The molecule has 0 saturated heterocycles. The summed E-state index contributed by atoms with van der Waals surface area (Å²) in [7, 11) is -1.61. The van der Waals surface area contributed by atoms with E-state index in [2.05, 4.69) is 10.4 Å². The Hall–Kier alpha value is -2.15. The van der Waals surface area contributed by atoms with E-state index in [9.17, 15) is 13.2 Å². The fourth-order valence-electron chi connectivity index (χ4n) is 2.00. The monoisotopic (exact) mass is 335 g/mol. The molecule has 1 aromatic carbocycles. The molecule has 7 heteroatoms. The highest BCUT2D eigenvalue weighted by Crippen LogP contribution is 2.25. The third-order valence-corrected chi connectivity index (χ3v) is 5.87. The molecule has 1 N–H and O–H groups in total. The number of hydrogen-bond donors (Lipinski definition) is 1. The zero-order valence-corrected chi connectivity index (χ0v) is 14.5. The van der Waals surface area contributed by atoms with Crippen LogP contribution in [0.1, 0.15) is 26.5 Å². The first kappa shape index (κ1) is 17.2. The van der Waals surface area contributed by atoms with Crippen LogP contribution in [0.4, 0.5) is 5.69 Å². The standard InChI is InChI=1S/C16H21N3O3S/c1-16(2,3)23(21,22)14-7-5-12(6-8-14)17-15(20)11-13-9-10-19(4)18-13/h5-10H,11H2,1-4H3,(H,17,20). The minimum Gasteiger partial charge on any atom is -0.326 e. The molecule has 0 unspecified atom stereocenters. The number of amides is 1. The topological polar surface area (TPSA) is 81.1 Å². The van der Waals surface area contributed by atoms with E-state index in [4.69, 9.17) is 0 Å². The molecule has 0 spiro atoms. The van der Waals surface area contributed by atoms with Gasteiger partial charge in [-0.05, 0) is 51.1 Å². The van der Waals surface area contributed by atoms with E-state index in [1.807, 2.05) is 0 Å². The average molecular weight is 335 g/mol. The summed E-state index contributed by atoms with van der Waals surface area (Å²) in [4.78, 5) is 12.2. The van der Waals surface area contributed by atoms with E-state index >= 15 is 0 Å². The Kier molecular flexibility index (Phi) is 4.61. The zero-order valence-electron chi connectivity index (χ0n) is 13.7. The maximum atomic E-state index is 12.3. The van der Waals surface area contributed by atoms with Gasteiger partial charge in [0.25, 0.3) is 0 Å². The predicted octanol–water partition coefficient (Wildman–Crippen LogP) is 2.17. The molecule has 124 valence electrons. The Morgan fingerprint density at radius 3 is 2.26 bits per heavy atom. The zero-order chi connectivity index (χ0) is 17.3. The maximum absolute atomic E-state index is 12.3. The SMILES string of the molecule is Cn1ccc(CC(=O)Nc2ccc(S(=O)(=O)C(C)(C)C)cc2)n1. The Bertz CT molecular complexity index is 800. The summed E-state index contributed by atoms with van der Waals surface area (Å²) >= 11 is 0. The van der Waals surface area contributed by atoms with Gasteiger partial charge in [-0.15, -0.1) is 0 Å². The van der Waals surface area contributed by atoms with Crippen molar-refractivity contribution >= 4 is 21.4 Å². The number of aromatic nitrogens is 2. The first-order valence-electron chi connectivity index (χ1n) is 7.23. The smallest absolute Gasteiger partial charge is 0.230 e. The molecule has 6 nitrogen and oxygen atoms in total. The van der Waals surface area contributed by atoms with Gasteiger partial charge in [0.1, 0.15) is 0 Å². The van der Waals surface area contributed by atoms with Crippen LogP contribution >= 0.6 is 0 Å². The summed E-state index contributed by atoms with van der Waals surface area (Å²) in [6.07, 6.45) is 1.94. The molecule has 0 atom stereocenters. The van der Waals surface area contributed by atoms with Crippen LogP contribution in [0.25, 0.3) is 0 Å². The van der Waals surface area contributed by atoms with Crippen molar-refractivity contribution in [2.75, 3.05) is 5.32 Å². The number of benzene rings is 1. The predicted molar refractivity (Wildman–Crippen MR) is 88.9 cm³/mol. The second-order valence-corrected chi connectivity index (χ2v) is 9.05. The molecule has 0 bridgehead atoms. The summed E-state index contributed by atoms with van der Waals surface area (Å²) in [6.45, 7) is 4.97. The summed E-state index contributed by atoms with van der Waals surface area (Å²) in [5.74, 6) is -0.199. The largest absolute Gasteiger partial charge is 0.326 e. The van der Waals surface area contributed by atoms with Gasteiger partial charge in [0, 0.05) is 18.9 Å². The van der Waals surface area contributed by atoms with E-state index < -0.39 is 14.6 Å². The summed E-state index contributed by atoms with van der Waals surface area (Å²) < 4.78 is 25.4. The quantitative estimate of drug-likeness (QED) is 0.928. The van der Waals surface area contributed by atoms with Crippen LogP contribution in [0.5, 0.6) is 0 Å². The number of anilines is 1. The molecule has 0 radical (unpaired) electrons. The minimum absolute atomic E-state index is 0.170. The second kappa shape index (κ2) is 6.16. The number of aryl methyl sites for hydroxylation is 1. The number of nitrogens with one attached hydrogen (secondary N) is 1. The summed E-state index contributed by atoms with van der Waals surface area (Å²) in [6, 6.07) is 7.98. The fourth-order valence-corrected chi connectivity index (χ4v) is 3.20.